The number of benzene rings is 2. The Kier molecular flexibility index (Phi) is 3.46. The summed E-state index contributed by atoms with van der Waals surface area (Å²) in [6, 6.07) is 7.11. The van der Waals surface area contributed by atoms with E-state index in [2.05, 4.69) is 0 Å². The predicted octanol–water partition coefficient (Wildman–Crippen LogP) is 3.34. The Morgan fingerprint density at radius 3 is 2.26 bits per heavy atom. The Balaban J connectivity index is 2.67. The molecule has 2 aromatic carbocycles. The SMILES string of the molecule is COc1ccc(C(=O)O)c(-c2cc(F)cc(F)c2)c1. The summed E-state index contributed by atoms with van der Waals surface area (Å²) in [5, 5.41) is 9.10. The van der Waals surface area contributed by atoms with Gasteiger partial charge in [0.05, 0.1) is 12.7 Å². The molecule has 0 saturated heterocycles. The molecule has 2 aromatic rings. The summed E-state index contributed by atoms with van der Waals surface area (Å²) in [7, 11) is 1.42. The van der Waals surface area contributed by atoms with Crippen molar-refractivity contribution in [3.63, 3.8) is 0 Å². The average molecular weight is 264 g/mol. The van der Waals surface area contributed by atoms with E-state index in [1.54, 1.807) is 0 Å². The largest absolute Gasteiger partial charge is 0.497 e. The summed E-state index contributed by atoms with van der Waals surface area (Å²) in [6.45, 7) is 0. The summed E-state index contributed by atoms with van der Waals surface area (Å²) in [6.07, 6.45) is 0. The fourth-order valence-corrected chi connectivity index (χ4v) is 1.78. The standard InChI is InChI=1S/C14H10F2O3/c1-19-11-2-3-12(14(17)18)13(7-11)8-4-9(15)6-10(16)5-8/h2-7H,1H3,(H,17,18). The molecule has 0 aliphatic rings. The van der Waals surface area contributed by atoms with Crippen LogP contribution in [0, 0.1) is 11.6 Å². The minimum Gasteiger partial charge on any atom is -0.497 e. The summed E-state index contributed by atoms with van der Waals surface area (Å²) in [4.78, 5) is 11.1. The third-order valence-corrected chi connectivity index (χ3v) is 2.63. The van der Waals surface area contributed by atoms with Crippen LogP contribution >= 0.6 is 0 Å². The zero-order chi connectivity index (χ0) is 14.0. The summed E-state index contributed by atoms with van der Waals surface area (Å²) < 4.78 is 31.4. The maximum absolute atomic E-state index is 13.2. The molecule has 0 spiro atoms. The van der Waals surface area contributed by atoms with Crippen molar-refractivity contribution in [1.29, 1.82) is 0 Å². The van der Waals surface area contributed by atoms with Crippen molar-refractivity contribution in [2.24, 2.45) is 0 Å². The van der Waals surface area contributed by atoms with Crippen molar-refractivity contribution in [1.82, 2.24) is 0 Å². The van der Waals surface area contributed by atoms with E-state index in [1.165, 1.54) is 25.3 Å². The van der Waals surface area contributed by atoms with Crippen LogP contribution in [-0.4, -0.2) is 18.2 Å². The second-order valence-corrected chi connectivity index (χ2v) is 3.87. The van der Waals surface area contributed by atoms with Gasteiger partial charge in [-0.2, -0.15) is 0 Å². The number of hydrogen-bond acceptors (Lipinski definition) is 2. The molecule has 0 unspecified atom stereocenters. The highest BCUT2D eigenvalue weighted by Crippen LogP contribution is 2.29. The average Bonchev–Trinajstić information content (AvgIpc) is 2.36. The van der Waals surface area contributed by atoms with Crippen LogP contribution in [0.15, 0.2) is 36.4 Å². The van der Waals surface area contributed by atoms with Crippen LogP contribution in [0.4, 0.5) is 8.78 Å². The summed E-state index contributed by atoms with van der Waals surface area (Å²) in [5.74, 6) is -2.31. The van der Waals surface area contributed by atoms with E-state index >= 15 is 0 Å². The molecule has 0 heterocycles. The normalized spacial score (nSPS) is 10.3. The first-order valence-electron chi connectivity index (χ1n) is 5.39. The number of rotatable bonds is 3. The molecule has 0 atom stereocenters. The van der Waals surface area contributed by atoms with E-state index in [9.17, 15) is 13.6 Å². The topological polar surface area (TPSA) is 46.5 Å². The highest BCUT2D eigenvalue weighted by molar-refractivity contribution is 5.96. The van der Waals surface area contributed by atoms with Crippen LogP contribution in [0.3, 0.4) is 0 Å². The number of carboxylic acid groups (broad SMARTS) is 1. The minimum atomic E-state index is -1.18. The Labute approximate surface area is 108 Å². The molecule has 1 N–H and O–H groups in total. The molecule has 0 radical (unpaired) electrons. The van der Waals surface area contributed by atoms with Gasteiger partial charge in [0.2, 0.25) is 0 Å². The van der Waals surface area contributed by atoms with Crippen LogP contribution in [0.2, 0.25) is 0 Å². The number of hydrogen-bond donors (Lipinski definition) is 1. The van der Waals surface area contributed by atoms with E-state index in [0.29, 0.717) is 5.75 Å². The molecule has 0 aliphatic heterocycles. The maximum atomic E-state index is 13.2. The Morgan fingerprint density at radius 2 is 1.74 bits per heavy atom. The molecule has 98 valence electrons. The van der Waals surface area contributed by atoms with Crippen LogP contribution < -0.4 is 4.74 Å². The van der Waals surface area contributed by atoms with Crippen LogP contribution in [0.5, 0.6) is 5.75 Å². The molecule has 0 amide bonds. The van der Waals surface area contributed by atoms with Crippen LogP contribution in [-0.2, 0) is 0 Å². The van der Waals surface area contributed by atoms with Crippen molar-refractivity contribution < 1.29 is 23.4 Å². The zero-order valence-corrected chi connectivity index (χ0v) is 9.98. The van der Waals surface area contributed by atoms with E-state index in [1.807, 2.05) is 0 Å². The van der Waals surface area contributed by atoms with Gasteiger partial charge in [-0.1, -0.05) is 0 Å². The number of carboxylic acids is 1. The lowest BCUT2D eigenvalue weighted by Gasteiger charge is -2.09. The molecule has 3 nitrogen and oxygen atoms in total. The first kappa shape index (κ1) is 13.0. The first-order chi connectivity index (χ1) is 9.01. The van der Waals surface area contributed by atoms with E-state index < -0.39 is 17.6 Å². The Bertz CT molecular complexity index is 618. The zero-order valence-electron chi connectivity index (χ0n) is 9.98. The number of aromatic carboxylic acids is 1. The molecule has 19 heavy (non-hydrogen) atoms. The second-order valence-electron chi connectivity index (χ2n) is 3.87. The van der Waals surface area contributed by atoms with Gasteiger partial charge in [0.1, 0.15) is 17.4 Å². The van der Waals surface area contributed by atoms with Crippen LogP contribution in [0.1, 0.15) is 10.4 Å². The molecule has 0 saturated carbocycles. The monoisotopic (exact) mass is 264 g/mol. The van der Waals surface area contributed by atoms with Crippen molar-refractivity contribution >= 4 is 5.97 Å². The first-order valence-corrected chi connectivity index (χ1v) is 5.39. The molecular formula is C14H10F2O3. The molecule has 0 bridgehead atoms. The smallest absolute Gasteiger partial charge is 0.336 e. The number of halogens is 2. The summed E-state index contributed by atoms with van der Waals surface area (Å²) in [5.41, 5.74) is 0.296. The molecule has 2 rings (SSSR count). The van der Waals surface area contributed by atoms with E-state index in [0.717, 1.165) is 18.2 Å². The fourth-order valence-electron chi connectivity index (χ4n) is 1.78. The number of methoxy groups -OCH3 is 1. The lowest BCUT2D eigenvalue weighted by Crippen LogP contribution is -2.00. The van der Waals surface area contributed by atoms with Gasteiger partial charge in [0.25, 0.3) is 0 Å². The molecule has 5 heteroatoms. The highest BCUT2D eigenvalue weighted by atomic mass is 19.1. The lowest BCUT2D eigenvalue weighted by atomic mass is 9.99. The quantitative estimate of drug-likeness (QED) is 0.924. The fraction of sp³-hybridized carbons (Fsp3) is 0.0714. The molecule has 0 fully saturated rings. The Morgan fingerprint density at radius 1 is 1.11 bits per heavy atom. The highest BCUT2D eigenvalue weighted by Gasteiger charge is 2.14. The second kappa shape index (κ2) is 5.06. The van der Waals surface area contributed by atoms with Gasteiger partial charge in [0, 0.05) is 11.6 Å². The van der Waals surface area contributed by atoms with Crippen molar-refractivity contribution in [3.8, 4) is 16.9 Å². The van der Waals surface area contributed by atoms with E-state index in [-0.39, 0.29) is 16.7 Å². The number of carbonyl (C=O) groups is 1. The molecule has 0 aromatic heterocycles. The van der Waals surface area contributed by atoms with Gasteiger partial charge in [-0.25, -0.2) is 13.6 Å². The lowest BCUT2D eigenvalue weighted by molar-refractivity contribution is 0.0697. The Hall–Kier alpha value is -2.43. The van der Waals surface area contributed by atoms with Gasteiger partial charge in [0.15, 0.2) is 0 Å². The predicted molar refractivity (Wildman–Crippen MR) is 65.3 cm³/mol. The van der Waals surface area contributed by atoms with E-state index in [4.69, 9.17) is 9.84 Å². The third-order valence-electron chi connectivity index (χ3n) is 2.63. The van der Waals surface area contributed by atoms with Gasteiger partial charge in [-0.05, 0) is 35.9 Å². The van der Waals surface area contributed by atoms with Crippen LogP contribution in [0.25, 0.3) is 11.1 Å². The molecule has 0 aliphatic carbocycles. The van der Waals surface area contributed by atoms with Crippen molar-refractivity contribution in [2.75, 3.05) is 7.11 Å². The number of ether oxygens (including phenoxy) is 1. The van der Waals surface area contributed by atoms with Crippen molar-refractivity contribution in [2.45, 2.75) is 0 Å². The van der Waals surface area contributed by atoms with Gasteiger partial charge in [-0.3, -0.25) is 0 Å². The maximum Gasteiger partial charge on any atom is 0.336 e. The van der Waals surface area contributed by atoms with Gasteiger partial charge < -0.3 is 9.84 Å². The third kappa shape index (κ3) is 2.70. The van der Waals surface area contributed by atoms with Gasteiger partial charge >= 0.3 is 5.97 Å². The molecular weight excluding hydrogens is 254 g/mol. The minimum absolute atomic E-state index is 0.0502. The van der Waals surface area contributed by atoms with Crippen molar-refractivity contribution in [3.05, 3.63) is 53.6 Å². The van der Waals surface area contributed by atoms with Gasteiger partial charge in [-0.15, -0.1) is 0 Å². The summed E-state index contributed by atoms with van der Waals surface area (Å²) >= 11 is 0.